The van der Waals surface area contributed by atoms with Crippen LogP contribution in [0.1, 0.15) is 26.5 Å². The molecule has 6 heteroatoms. The third-order valence-corrected chi connectivity index (χ3v) is 4.07. The van der Waals surface area contributed by atoms with Gasteiger partial charge in [-0.3, -0.25) is 4.90 Å². The van der Waals surface area contributed by atoms with E-state index in [4.69, 9.17) is 0 Å². The van der Waals surface area contributed by atoms with E-state index in [1.54, 1.807) is 17.4 Å². The highest BCUT2D eigenvalue weighted by molar-refractivity contribution is 7.09. The van der Waals surface area contributed by atoms with E-state index in [-0.39, 0.29) is 5.56 Å². The van der Waals surface area contributed by atoms with Crippen molar-refractivity contribution in [1.82, 2.24) is 9.88 Å². The fourth-order valence-electron chi connectivity index (χ4n) is 2.02. The van der Waals surface area contributed by atoms with Gasteiger partial charge in [0.05, 0.1) is 23.9 Å². The number of halogens is 1. The van der Waals surface area contributed by atoms with E-state index < -0.39 is 11.8 Å². The number of methoxy groups -OCH3 is 1. The van der Waals surface area contributed by atoms with E-state index in [1.165, 1.54) is 24.1 Å². The Bertz CT molecular complexity index is 642. The Kier molecular flexibility index (Phi) is 5.03. The Hall–Kier alpha value is -1.79. The maximum Gasteiger partial charge on any atom is 0.340 e. The van der Waals surface area contributed by atoms with Gasteiger partial charge in [0, 0.05) is 18.0 Å². The molecule has 0 amide bonds. The summed E-state index contributed by atoms with van der Waals surface area (Å²) < 4.78 is 18.4. The maximum absolute atomic E-state index is 13.9. The fraction of sp³-hybridized carbons (Fsp3) is 0.333. The summed E-state index contributed by atoms with van der Waals surface area (Å²) in [5, 5.41) is 0. The molecule has 0 radical (unpaired) electrons. The quantitative estimate of drug-likeness (QED) is 0.796. The third-order valence-electron chi connectivity index (χ3n) is 3.15. The SMILES string of the molecule is COC(=O)c1ccc(CN(C)Cc2scnc2C)cc1F. The summed E-state index contributed by atoms with van der Waals surface area (Å²) in [7, 11) is 3.20. The van der Waals surface area contributed by atoms with Gasteiger partial charge in [-0.2, -0.15) is 0 Å². The summed E-state index contributed by atoms with van der Waals surface area (Å²) in [6, 6.07) is 4.58. The lowest BCUT2D eigenvalue weighted by molar-refractivity contribution is 0.0595. The van der Waals surface area contributed by atoms with Crippen molar-refractivity contribution in [3.8, 4) is 0 Å². The summed E-state index contributed by atoms with van der Waals surface area (Å²) in [6.45, 7) is 3.33. The van der Waals surface area contributed by atoms with Crippen LogP contribution < -0.4 is 0 Å². The first kappa shape index (κ1) is 15.6. The molecule has 0 aliphatic heterocycles. The van der Waals surface area contributed by atoms with Gasteiger partial charge in [-0.05, 0) is 31.7 Å². The summed E-state index contributed by atoms with van der Waals surface area (Å²) in [5.74, 6) is -1.21. The van der Waals surface area contributed by atoms with Gasteiger partial charge in [-0.15, -0.1) is 11.3 Å². The second kappa shape index (κ2) is 6.78. The minimum Gasteiger partial charge on any atom is -0.465 e. The molecule has 0 unspecified atom stereocenters. The number of carbonyl (C=O) groups is 1. The molecule has 21 heavy (non-hydrogen) atoms. The fourth-order valence-corrected chi connectivity index (χ4v) is 2.88. The number of aryl methyl sites for hydroxylation is 1. The van der Waals surface area contributed by atoms with E-state index in [0.717, 1.165) is 17.8 Å². The molecular weight excluding hydrogens is 291 g/mol. The predicted octanol–water partition coefficient (Wildman–Crippen LogP) is 3.01. The van der Waals surface area contributed by atoms with Gasteiger partial charge in [0.15, 0.2) is 0 Å². The number of ether oxygens (including phenoxy) is 1. The topological polar surface area (TPSA) is 42.4 Å². The molecule has 0 N–H and O–H groups in total. The molecule has 0 saturated carbocycles. The van der Waals surface area contributed by atoms with Crippen molar-refractivity contribution in [3.05, 3.63) is 51.2 Å². The van der Waals surface area contributed by atoms with Crippen LogP contribution in [0.15, 0.2) is 23.7 Å². The first-order chi connectivity index (χ1) is 10.0. The van der Waals surface area contributed by atoms with Crippen LogP contribution in [0, 0.1) is 12.7 Å². The normalized spacial score (nSPS) is 10.9. The van der Waals surface area contributed by atoms with Crippen LogP contribution >= 0.6 is 11.3 Å². The second-order valence-corrected chi connectivity index (χ2v) is 5.78. The van der Waals surface area contributed by atoms with Crippen LogP contribution in [0.25, 0.3) is 0 Å². The van der Waals surface area contributed by atoms with Crippen molar-refractivity contribution in [2.24, 2.45) is 0 Å². The summed E-state index contributed by atoms with van der Waals surface area (Å²) in [6.07, 6.45) is 0. The van der Waals surface area contributed by atoms with Crippen LogP contribution in [0.5, 0.6) is 0 Å². The zero-order valence-electron chi connectivity index (χ0n) is 12.2. The number of carbonyl (C=O) groups excluding carboxylic acids is 1. The minimum absolute atomic E-state index is 0.0396. The highest BCUT2D eigenvalue weighted by Crippen LogP contribution is 2.17. The average molecular weight is 308 g/mol. The number of aromatic nitrogens is 1. The molecule has 4 nitrogen and oxygen atoms in total. The Morgan fingerprint density at radius 3 is 2.76 bits per heavy atom. The van der Waals surface area contributed by atoms with Crippen molar-refractivity contribution in [2.45, 2.75) is 20.0 Å². The van der Waals surface area contributed by atoms with Crippen molar-refractivity contribution in [1.29, 1.82) is 0 Å². The van der Waals surface area contributed by atoms with Crippen LogP contribution in [-0.2, 0) is 17.8 Å². The van der Waals surface area contributed by atoms with Gasteiger partial charge < -0.3 is 4.74 Å². The number of benzene rings is 1. The molecule has 0 aliphatic carbocycles. The van der Waals surface area contributed by atoms with Crippen molar-refractivity contribution in [3.63, 3.8) is 0 Å². The predicted molar refractivity (Wildman–Crippen MR) is 79.8 cm³/mol. The van der Waals surface area contributed by atoms with Crippen LogP contribution in [-0.4, -0.2) is 30.0 Å². The van der Waals surface area contributed by atoms with Crippen LogP contribution in [0.4, 0.5) is 4.39 Å². The number of esters is 1. The number of hydrogen-bond donors (Lipinski definition) is 0. The summed E-state index contributed by atoms with van der Waals surface area (Å²) in [4.78, 5) is 18.8. The van der Waals surface area contributed by atoms with Gasteiger partial charge in [0.2, 0.25) is 0 Å². The Balaban J connectivity index is 2.04. The van der Waals surface area contributed by atoms with Gasteiger partial charge in [0.1, 0.15) is 5.82 Å². The first-order valence-corrected chi connectivity index (χ1v) is 7.33. The van der Waals surface area contributed by atoms with Gasteiger partial charge >= 0.3 is 5.97 Å². The monoisotopic (exact) mass is 308 g/mol. The van der Waals surface area contributed by atoms with E-state index in [2.05, 4.69) is 14.6 Å². The molecule has 0 aliphatic rings. The third kappa shape index (κ3) is 3.86. The van der Waals surface area contributed by atoms with Gasteiger partial charge in [-0.1, -0.05) is 6.07 Å². The molecule has 2 rings (SSSR count). The van der Waals surface area contributed by atoms with Crippen molar-refractivity contribution < 1.29 is 13.9 Å². The van der Waals surface area contributed by atoms with E-state index >= 15 is 0 Å². The zero-order chi connectivity index (χ0) is 15.4. The Morgan fingerprint density at radius 1 is 1.43 bits per heavy atom. The molecule has 0 bridgehead atoms. The van der Waals surface area contributed by atoms with E-state index in [0.29, 0.717) is 6.54 Å². The maximum atomic E-state index is 13.9. The molecule has 112 valence electrons. The highest BCUT2D eigenvalue weighted by Gasteiger charge is 2.13. The number of thiazole rings is 1. The Labute approximate surface area is 127 Å². The standard InChI is InChI=1S/C15H17FN2O2S/c1-10-14(21-9-17-10)8-18(2)7-11-4-5-12(13(16)6-11)15(19)20-3/h4-6,9H,7-8H2,1-3H3. The number of hydrogen-bond acceptors (Lipinski definition) is 5. The molecular formula is C15H17FN2O2S. The van der Waals surface area contributed by atoms with Crippen LogP contribution in [0.3, 0.4) is 0 Å². The van der Waals surface area contributed by atoms with E-state index in [1.807, 2.05) is 19.5 Å². The van der Waals surface area contributed by atoms with Crippen molar-refractivity contribution in [2.75, 3.05) is 14.2 Å². The lowest BCUT2D eigenvalue weighted by atomic mass is 10.1. The molecule has 1 heterocycles. The summed E-state index contributed by atoms with van der Waals surface area (Å²) >= 11 is 1.61. The molecule has 0 atom stereocenters. The number of rotatable bonds is 5. The average Bonchev–Trinajstić information content (AvgIpc) is 2.83. The smallest absolute Gasteiger partial charge is 0.340 e. The van der Waals surface area contributed by atoms with Crippen LogP contribution in [0.2, 0.25) is 0 Å². The minimum atomic E-state index is -0.660. The van der Waals surface area contributed by atoms with Gasteiger partial charge in [0.25, 0.3) is 0 Å². The number of nitrogens with zero attached hydrogens (tertiary/aromatic N) is 2. The first-order valence-electron chi connectivity index (χ1n) is 6.45. The lowest BCUT2D eigenvalue weighted by Crippen LogP contribution is -2.17. The largest absolute Gasteiger partial charge is 0.465 e. The molecule has 2 aromatic rings. The molecule has 0 spiro atoms. The summed E-state index contributed by atoms with van der Waals surface area (Å²) in [5.41, 5.74) is 3.62. The second-order valence-electron chi connectivity index (χ2n) is 4.84. The zero-order valence-corrected chi connectivity index (χ0v) is 13.0. The molecule has 0 saturated heterocycles. The molecule has 0 fully saturated rings. The molecule has 1 aromatic carbocycles. The van der Waals surface area contributed by atoms with Crippen molar-refractivity contribution >= 4 is 17.3 Å². The van der Waals surface area contributed by atoms with Gasteiger partial charge in [-0.25, -0.2) is 14.2 Å². The molecule has 1 aromatic heterocycles. The Morgan fingerprint density at radius 2 is 2.19 bits per heavy atom. The highest BCUT2D eigenvalue weighted by atomic mass is 32.1. The lowest BCUT2D eigenvalue weighted by Gasteiger charge is -2.16. The van der Waals surface area contributed by atoms with E-state index in [9.17, 15) is 9.18 Å².